The zero-order valence-electron chi connectivity index (χ0n) is 13.0. The molecule has 1 unspecified atom stereocenters. The van der Waals surface area contributed by atoms with Gasteiger partial charge in [0.15, 0.2) is 0 Å². The number of rotatable bonds is 5. The lowest BCUT2D eigenvalue weighted by molar-refractivity contribution is -0.127. The predicted molar refractivity (Wildman–Crippen MR) is 88.4 cm³/mol. The number of carbonyl (C=O) groups is 2. The Morgan fingerprint density at radius 1 is 1.25 bits per heavy atom. The fourth-order valence-electron chi connectivity index (χ4n) is 2.34. The summed E-state index contributed by atoms with van der Waals surface area (Å²) in [5.74, 6) is 0.0668. The van der Waals surface area contributed by atoms with Gasteiger partial charge < -0.3 is 20.7 Å². The van der Waals surface area contributed by atoms with Crippen molar-refractivity contribution in [2.45, 2.75) is 12.6 Å². The van der Waals surface area contributed by atoms with Crippen LogP contribution in [0.15, 0.2) is 48.7 Å². The van der Waals surface area contributed by atoms with E-state index in [1.807, 2.05) is 24.3 Å². The van der Waals surface area contributed by atoms with Crippen LogP contribution < -0.4 is 20.7 Å². The number of benzene rings is 1. The summed E-state index contributed by atoms with van der Waals surface area (Å²) < 4.78 is 5.75. The van der Waals surface area contributed by atoms with E-state index in [1.54, 1.807) is 24.4 Å². The van der Waals surface area contributed by atoms with Crippen molar-refractivity contribution in [2.75, 3.05) is 18.4 Å². The molecule has 124 valence electrons. The van der Waals surface area contributed by atoms with Crippen LogP contribution in [0.25, 0.3) is 0 Å². The van der Waals surface area contributed by atoms with Crippen molar-refractivity contribution >= 4 is 17.5 Å². The first-order valence-electron chi connectivity index (χ1n) is 7.65. The number of hydrogen-bond donors (Lipinski definition) is 3. The van der Waals surface area contributed by atoms with Gasteiger partial charge in [0.2, 0.25) is 11.8 Å². The largest absolute Gasteiger partial charge is 0.485 e. The fraction of sp³-hybridized carbons (Fsp3) is 0.235. The third kappa shape index (κ3) is 4.08. The van der Waals surface area contributed by atoms with Gasteiger partial charge in [-0.05, 0) is 24.3 Å². The number of nitrogens with zero attached hydrogens (tertiary/aromatic N) is 1. The molecule has 3 rings (SSSR count). The SMILES string of the molecule is O=C1CNCC(C(=O)Nc2ccccc2OCc2ccccn2)N1. The molecule has 2 heterocycles. The minimum Gasteiger partial charge on any atom is -0.485 e. The Morgan fingerprint density at radius 2 is 2.08 bits per heavy atom. The summed E-state index contributed by atoms with van der Waals surface area (Å²) in [5.41, 5.74) is 1.35. The molecule has 1 aliphatic heterocycles. The molecular weight excluding hydrogens is 308 g/mol. The molecule has 1 aliphatic rings. The van der Waals surface area contributed by atoms with E-state index in [9.17, 15) is 9.59 Å². The van der Waals surface area contributed by atoms with E-state index in [2.05, 4.69) is 20.9 Å². The molecule has 3 N–H and O–H groups in total. The maximum absolute atomic E-state index is 12.3. The van der Waals surface area contributed by atoms with Crippen molar-refractivity contribution in [2.24, 2.45) is 0 Å². The summed E-state index contributed by atoms with van der Waals surface area (Å²) in [6, 6.07) is 12.1. The molecule has 0 radical (unpaired) electrons. The Bertz CT molecular complexity index is 721. The Balaban J connectivity index is 1.65. The Morgan fingerprint density at radius 3 is 2.88 bits per heavy atom. The monoisotopic (exact) mass is 326 g/mol. The number of carbonyl (C=O) groups excluding carboxylic acids is 2. The normalized spacial score (nSPS) is 17.0. The molecule has 1 fully saturated rings. The number of nitrogens with one attached hydrogen (secondary N) is 3. The van der Waals surface area contributed by atoms with Crippen molar-refractivity contribution in [3.63, 3.8) is 0 Å². The van der Waals surface area contributed by atoms with E-state index in [4.69, 9.17) is 4.74 Å². The highest BCUT2D eigenvalue weighted by molar-refractivity contribution is 5.99. The average molecular weight is 326 g/mol. The third-order valence-corrected chi connectivity index (χ3v) is 3.53. The van der Waals surface area contributed by atoms with E-state index in [1.165, 1.54) is 0 Å². The van der Waals surface area contributed by atoms with Crippen LogP contribution in [-0.2, 0) is 16.2 Å². The Labute approximate surface area is 139 Å². The maximum Gasteiger partial charge on any atom is 0.248 e. The molecule has 1 aromatic heterocycles. The Kier molecular flexibility index (Phi) is 5.02. The lowest BCUT2D eigenvalue weighted by atomic mass is 10.2. The van der Waals surface area contributed by atoms with Crippen LogP contribution in [-0.4, -0.2) is 35.9 Å². The van der Waals surface area contributed by atoms with Gasteiger partial charge >= 0.3 is 0 Å². The molecule has 1 atom stereocenters. The Hall–Kier alpha value is -2.93. The minimum atomic E-state index is -0.602. The highest BCUT2D eigenvalue weighted by Crippen LogP contribution is 2.24. The number of piperazine rings is 1. The van der Waals surface area contributed by atoms with Gasteiger partial charge in [-0.3, -0.25) is 14.6 Å². The van der Waals surface area contributed by atoms with Crippen molar-refractivity contribution in [3.8, 4) is 5.75 Å². The van der Waals surface area contributed by atoms with Crippen LogP contribution in [0.1, 0.15) is 5.69 Å². The van der Waals surface area contributed by atoms with Crippen LogP contribution in [0.3, 0.4) is 0 Å². The molecule has 0 bridgehead atoms. The zero-order valence-corrected chi connectivity index (χ0v) is 13.0. The summed E-state index contributed by atoms with van der Waals surface area (Å²) in [5, 5.41) is 8.35. The second-order valence-electron chi connectivity index (χ2n) is 5.35. The van der Waals surface area contributed by atoms with Crippen LogP contribution in [0.5, 0.6) is 5.75 Å². The second kappa shape index (κ2) is 7.56. The van der Waals surface area contributed by atoms with E-state index in [0.29, 0.717) is 24.6 Å². The molecular formula is C17H18N4O3. The average Bonchev–Trinajstić information content (AvgIpc) is 2.62. The molecule has 0 spiro atoms. The number of anilines is 1. The highest BCUT2D eigenvalue weighted by atomic mass is 16.5. The number of aromatic nitrogens is 1. The smallest absolute Gasteiger partial charge is 0.248 e. The summed E-state index contributed by atoms with van der Waals surface area (Å²) in [7, 11) is 0. The quantitative estimate of drug-likeness (QED) is 0.752. The molecule has 1 saturated heterocycles. The molecule has 2 aromatic rings. The summed E-state index contributed by atoms with van der Waals surface area (Å²) in [4.78, 5) is 27.9. The molecule has 2 amide bonds. The van der Waals surface area contributed by atoms with E-state index in [0.717, 1.165) is 5.69 Å². The number of hydrogen-bond acceptors (Lipinski definition) is 5. The van der Waals surface area contributed by atoms with E-state index >= 15 is 0 Å². The zero-order chi connectivity index (χ0) is 16.8. The van der Waals surface area contributed by atoms with Gasteiger partial charge in [0, 0.05) is 12.7 Å². The fourth-order valence-corrected chi connectivity index (χ4v) is 2.34. The first kappa shape index (κ1) is 15.9. The lowest BCUT2D eigenvalue weighted by Gasteiger charge is -2.23. The van der Waals surface area contributed by atoms with Crippen molar-refractivity contribution < 1.29 is 14.3 Å². The van der Waals surface area contributed by atoms with Gasteiger partial charge in [0.05, 0.1) is 17.9 Å². The van der Waals surface area contributed by atoms with Crippen molar-refractivity contribution in [3.05, 3.63) is 54.4 Å². The molecule has 0 saturated carbocycles. The van der Waals surface area contributed by atoms with Crippen LogP contribution in [0.2, 0.25) is 0 Å². The van der Waals surface area contributed by atoms with E-state index < -0.39 is 6.04 Å². The summed E-state index contributed by atoms with van der Waals surface area (Å²) >= 11 is 0. The van der Waals surface area contributed by atoms with Crippen LogP contribution in [0, 0.1) is 0 Å². The summed E-state index contributed by atoms with van der Waals surface area (Å²) in [6.07, 6.45) is 1.70. The van der Waals surface area contributed by atoms with Crippen LogP contribution >= 0.6 is 0 Å². The molecule has 0 aliphatic carbocycles. The molecule has 24 heavy (non-hydrogen) atoms. The molecule has 1 aromatic carbocycles. The van der Waals surface area contributed by atoms with Crippen molar-refractivity contribution in [1.82, 2.24) is 15.6 Å². The second-order valence-corrected chi connectivity index (χ2v) is 5.35. The molecule has 7 nitrogen and oxygen atoms in total. The number of amides is 2. The van der Waals surface area contributed by atoms with E-state index in [-0.39, 0.29) is 18.4 Å². The topological polar surface area (TPSA) is 92.4 Å². The van der Waals surface area contributed by atoms with Gasteiger partial charge in [-0.2, -0.15) is 0 Å². The molecule has 7 heteroatoms. The highest BCUT2D eigenvalue weighted by Gasteiger charge is 2.24. The first-order chi connectivity index (χ1) is 11.7. The lowest BCUT2D eigenvalue weighted by Crippen LogP contribution is -2.57. The minimum absolute atomic E-state index is 0.193. The van der Waals surface area contributed by atoms with Crippen molar-refractivity contribution in [1.29, 1.82) is 0 Å². The third-order valence-electron chi connectivity index (χ3n) is 3.53. The first-order valence-corrected chi connectivity index (χ1v) is 7.65. The standard InChI is InChI=1S/C17H18N4O3/c22-16-10-18-9-14(20-16)17(23)21-13-6-1-2-7-15(13)24-11-12-5-3-4-8-19-12/h1-8,14,18H,9-11H2,(H,20,22)(H,21,23). The van der Waals surface area contributed by atoms with Crippen LogP contribution in [0.4, 0.5) is 5.69 Å². The van der Waals surface area contributed by atoms with Gasteiger partial charge in [-0.1, -0.05) is 18.2 Å². The number of pyridine rings is 1. The van der Waals surface area contributed by atoms with Gasteiger partial charge in [-0.25, -0.2) is 0 Å². The number of ether oxygens (including phenoxy) is 1. The maximum atomic E-state index is 12.3. The van der Waals surface area contributed by atoms with Gasteiger partial charge in [-0.15, -0.1) is 0 Å². The summed E-state index contributed by atoms with van der Waals surface area (Å²) in [6.45, 7) is 0.928. The predicted octanol–water partition coefficient (Wildman–Crippen LogP) is 0.687. The van der Waals surface area contributed by atoms with Gasteiger partial charge in [0.25, 0.3) is 0 Å². The number of para-hydroxylation sites is 2. The van der Waals surface area contributed by atoms with Gasteiger partial charge in [0.1, 0.15) is 18.4 Å².